The van der Waals surface area contributed by atoms with Crippen LogP contribution in [0.25, 0.3) is 0 Å². The SMILES string of the molecule is CCC(CC)CN1C(=O)C(C)(C)NC(=O)C1C(C)C. The molecule has 0 bridgehead atoms. The Morgan fingerprint density at radius 2 is 1.74 bits per heavy atom. The van der Waals surface area contributed by atoms with Gasteiger partial charge in [0.25, 0.3) is 0 Å². The molecule has 1 atom stereocenters. The first-order valence-corrected chi connectivity index (χ1v) is 7.37. The van der Waals surface area contributed by atoms with Gasteiger partial charge in [0, 0.05) is 6.54 Å². The minimum atomic E-state index is -0.783. The maximum Gasteiger partial charge on any atom is 0.248 e. The molecule has 1 saturated heterocycles. The molecule has 1 N–H and O–H groups in total. The molecule has 0 aromatic heterocycles. The molecular weight excluding hydrogens is 240 g/mol. The number of hydrogen-bond donors (Lipinski definition) is 1. The number of nitrogens with zero attached hydrogens (tertiary/aromatic N) is 1. The highest BCUT2D eigenvalue weighted by Gasteiger charge is 2.46. The average Bonchev–Trinajstić information content (AvgIpc) is 2.30. The predicted molar refractivity (Wildman–Crippen MR) is 76.6 cm³/mol. The normalized spacial score (nSPS) is 23.2. The summed E-state index contributed by atoms with van der Waals surface area (Å²) in [5.74, 6) is 0.615. The van der Waals surface area contributed by atoms with E-state index in [1.54, 1.807) is 18.7 Å². The van der Waals surface area contributed by atoms with Crippen molar-refractivity contribution in [3.63, 3.8) is 0 Å². The van der Waals surface area contributed by atoms with Crippen molar-refractivity contribution in [3.05, 3.63) is 0 Å². The molecule has 110 valence electrons. The van der Waals surface area contributed by atoms with Gasteiger partial charge in [0.1, 0.15) is 11.6 Å². The number of carbonyl (C=O) groups excluding carboxylic acids is 2. The average molecular weight is 268 g/mol. The van der Waals surface area contributed by atoms with Crippen LogP contribution >= 0.6 is 0 Å². The van der Waals surface area contributed by atoms with Gasteiger partial charge in [-0.2, -0.15) is 0 Å². The van der Waals surface area contributed by atoms with Crippen LogP contribution in [0.2, 0.25) is 0 Å². The van der Waals surface area contributed by atoms with Crippen LogP contribution < -0.4 is 5.32 Å². The number of piperazine rings is 1. The lowest BCUT2D eigenvalue weighted by molar-refractivity contribution is -0.156. The van der Waals surface area contributed by atoms with Crippen molar-refractivity contribution >= 4 is 11.8 Å². The van der Waals surface area contributed by atoms with Crippen molar-refractivity contribution in [2.24, 2.45) is 11.8 Å². The highest BCUT2D eigenvalue weighted by Crippen LogP contribution is 2.25. The van der Waals surface area contributed by atoms with Crippen molar-refractivity contribution in [2.45, 2.75) is 66.0 Å². The minimum absolute atomic E-state index is 0.0226. The second-order valence-corrected chi connectivity index (χ2v) is 6.44. The zero-order valence-electron chi connectivity index (χ0n) is 13.1. The Labute approximate surface area is 116 Å². The monoisotopic (exact) mass is 268 g/mol. The molecule has 1 aliphatic rings. The summed E-state index contributed by atoms with van der Waals surface area (Å²) in [6.45, 7) is 12.5. The lowest BCUT2D eigenvalue weighted by Gasteiger charge is -2.45. The van der Waals surface area contributed by atoms with Crippen molar-refractivity contribution in [1.82, 2.24) is 10.2 Å². The fraction of sp³-hybridized carbons (Fsp3) is 0.867. The highest BCUT2D eigenvalue weighted by atomic mass is 16.2. The highest BCUT2D eigenvalue weighted by molar-refractivity contribution is 5.99. The molecular formula is C15H28N2O2. The van der Waals surface area contributed by atoms with Crippen LogP contribution in [0.4, 0.5) is 0 Å². The largest absolute Gasteiger partial charge is 0.340 e. The molecule has 0 aliphatic carbocycles. The van der Waals surface area contributed by atoms with Crippen molar-refractivity contribution in [1.29, 1.82) is 0 Å². The fourth-order valence-corrected chi connectivity index (χ4v) is 2.75. The molecule has 19 heavy (non-hydrogen) atoms. The third-order valence-electron chi connectivity index (χ3n) is 4.08. The Balaban J connectivity index is 3.02. The van der Waals surface area contributed by atoms with Gasteiger partial charge in [-0.05, 0) is 25.7 Å². The van der Waals surface area contributed by atoms with E-state index in [0.29, 0.717) is 12.5 Å². The van der Waals surface area contributed by atoms with Crippen LogP contribution in [0.15, 0.2) is 0 Å². The number of rotatable bonds is 5. The van der Waals surface area contributed by atoms with E-state index in [4.69, 9.17) is 0 Å². The molecule has 0 aromatic rings. The zero-order chi connectivity index (χ0) is 14.8. The first-order valence-electron chi connectivity index (χ1n) is 7.37. The summed E-state index contributed by atoms with van der Waals surface area (Å²) >= 11 is 0. The summed E-state index contributed by atoms with van der Waals surface area (Å²) in [5.41, 5.74) is -0.783. The van der Waals surface area contributed by atoms with E-state index < -0.39 is 5.54 Å². The van der Waals surface area contributed by atoms with Crippen LogP contribution in [-0.4, -0.2) is 34.8 Å². The van der Waals surface area contributed by atoms with Crippen molar-refractivity contribution in [3.8, 4) is 0 Å². The quantitative estimate of drug-likeness (QED) is 0.831. The van der Waals surface area contributed by atoms with Crippen LogP contribution in [0.1, 0.15) is 54.4 Å². The van der Waals surface area contributed by atoms with Gasteiger partial charge in [-0.25, -0.2) is 0 Å². The van der Waals surface area contributed by atoms with Crippen molar-refractivity contribution < 1.29 is 9.59 Å². The molecule has 0 aromatic carbocycles. The number of hydrogen-bond acceptors (Lipinski definition) is 2. The maximum absolute atomic E-state index is 12.6. The summed E-state index contributed by atoms with van der Waals surface area (Å²) in [5, 5.41) is 2.85. The minimum Gasteiger partial charge on any atom is -0.340 e. The standard InChI is InChI=1S/C15H28N2O2/c1-7-11(8-2)9-17-12(10(3)4)13(18)16-15(5,6)14(17)19/h10-12H,7-9H2,1-6H3,(H,16,18). The number of amides is 2. The van der Waals surface area contributed by atoms with E-state index in [-0.39, 0.29) is 23.8 Å². The Morgan fingerprint density at radius 3 is 2.16 bits per heavy atom. The Kier molecular flexibility index (Phi) is 4.99. The molecule has 1 rings (SSSR count). The molecule has 2 amide bonds. The van der Waals surface area contributed by atoms with Gasteiger partial charge in [-0.1, -0.05) is 40.5 Å². The first kappa shape index (κ1) is 16.0. The molecule has 0 spiro atoms. The smallest absolute Gasteiger partial charge is 0.248 e. The predicted octanol–water partition coefficient (Wildman–Crippen LogP) is 2.18. The Bertz CT molecular complexity index is 346. The molecule has 4 nitrogen and oxygen atoms in total. The second kappa shape index (κ2) is 5.93. The van der Waals surface area contributed by atoms with Crippen LogP contribution in [-0.2, 0) is 9.59 Å². The Hall–Kier alpha value is -1.06. The third kappa shape index (κ3) is 3.28. The maximum atomic E-state index is 12.6. The van der Waals surface area contributed by atoms with Crippen molar-refractivity contribution in [2.75, 3.05) is 6.54 Å². The molecule has 1 fully saturated rings. The van der Waals surface area contributed by atoms with Gasteiger partial charge in [0.15, 0.2) is 0 Å². The van der Waals surface area contributed by atoms with E-state index in [1.807, 2.05) is 13.8 Å². The van der Waals surface area contributed by atoms with E-state index in [9.17, 15) is 9.59 Å². The van der Waals surface area contributed by atoms with Gasteiger partial charge in [0.2, 0.25) is 11.8 Å². The van der Waals surface area contributed by atoms with Gasteiger partial charge in [-0.3, -0.25) is 9.59 Å². The molecule has 0 saturated carbocycles. The zero-order valence-corrected chi connectivity index (χ0v) is 13.1. The summed E-state index contributed by atoms with van der Waals surface area (Å²) in [6.07, 6.45) is 2.07. The van der Waals surface area contributed by atoms with Gasteiger partial charge in [-0.15, -0.1) is 0 Å². The molecule has 1 heterocycles. The van der Waals surface area contributed by atoms with Gasteiger partial charge in [0.05, 0.1) is 0 Å². The van der Waals surface area contributed by atoms with Crippen LogP contribution in [0.5, 0.6) is 0 Å². The Morgan fingerprint density at radius 1 is 1.21 bits per heavy atom. The lowest BCUT2D eigenvalue weighted by atomic mass is 9.89. The summed E-state index contributed by atoms with van der Waals surface area (Å²) in [6, 6.07) is -0.332. The second-order valence-electron chi connectivity index (χ2n) is 6.44. The molecule has 1 aliphatic heterocycles. The molecule has 4 heteroatoms. The van der Waals surface area contributed by atoms with Gasteiger partial charge < -0.3 is 10.2 Å². The van der Waals surface area contributed by atoms with E-state index in [2.05, 4.69) is 19.2 Å². The lowest BCUT2D eigenvalue weighted by Crippen LogP contribution is -2.69. The van der Waals surface area contributed by atoms with Gasteiger partial charge >= 0.3 is 0 Å². The van der Waals surface area contributed by atoms with Crippen LogP contribution in [0.3, 0.4) is 0 Å². The molecule has 0 radical (unpaired) electrons. The van der Waals surface area contributed by atoms with E-state index in [0.717, 1.165) is 12.8 Å². The first-order chi connectivity index (χ1) is 8.74. The fourth-order valence-electron chi connectivity index (χ4n) is 2.75. The number of nitrogens with one attached hydrogen (secondary N) is 1. The molecule has 1 unspecified atom stereocenters. The third-order valence-corrected chi connectivity index (χ3v) is 4.08. The topological polar surface area (TPSA) is 49.4 Å². The summed E-state index contributed by atoms with van der Waals surface area (Å²) < 4.78 is 0. The summed E-state index contributed by atoms with van der Waals surface area (Å²) in [7, 11) is 0. The van der Waals surface area contributed by atoms with E-state index >= 15 is 0 Å². The van der Waals surface area contributed by atoms with Crippen LogP contribution in [0, 0.1) is 11.8 Å². The van der Waals surface area contributed by atoms with E-state index in [1.165, 1.54) is 0 Å². The summed E-state index contributed by atoms with van der Waals surface area (Å²) in [4.78, 5) is 26.7. The number of carbonyl (C=O) groups is 2.